The van der Waals surface area contributed by atoms with Gasteiger partial charge in [0.15, 0.2) is 18.2 Å². The van der Waals surface area contributed by atoms with Gasteiger partial charge in [-0.05, 0) is 19.9 Å². The van der Waals surface area contributed by atoms with Gasteiger partial charge in [0.1, 0.15) is 17.5 Å². The molecular formula is C14H15F3N2O3. The molecule has 22 heavy (non-hydrogen) atoms. The molecule has 0 radical (unpaired) electrons. The van der Waals surface area contributed by atoms with Gasteiger partial charge >= 0.3 is 0 Å². The van der Waals surface area contributed by atoms with Crippen molar-refractivity contribution in [3.8, 4) is 0 Å². The summed E-state index contributed by atoms with van der Waals surface area (Å²) < 4.78 is 47.4. The number of aliphatic imine (C=N–C) groups is 1. The van der Waals surface area contributed by atoms with Crippen molar-refractivity contribution in [1.29, 1.82) is 0 Å². The topological polar surface area (TPSA) is 64.7 Å². The average molecular weight is 316 g/mol. The van der Waals surface area contributed by atoms with Crippen LogP contribution in [0.25, 0.3) is 0 Å². The van der Waals surface area contributed by atoms with Crippen LogP contribution in [0.5, 0.6) is 0 Å². The Kier molecular flexibility index (Phi) is 4.12. The van der Waals surface area contributed by atoms with Gasteiger partial charge in [0.2, 0.25) is 0 Å². The lowest BCUT2D eigenvalue weighted by Crippen LogP contribution is -2.50. The highest BCUT2D eigenvalue weighted by Gasteiger charge is 2.49. The molecule has 8 heteroatoms. The maximum Gasteiger partial charge on any atom is 0.270 e. The summed E-state index contributed by atoms with van der Waals surface area (Å²) >= 11 is 0. The number of non-ortho nitro benzene ring substituents is 1. The SMILES string of the molecule is CC1=N[C@](C)(c2cc([N+](=O)[O-])ccc2F)[C@@H](F)[C@@H]([C@H](C)F)O1. The Morgan fingerprint density at radius 3 is 2.68 bits per heavy atom. The van der Waals surface area contributed by atoms with Crippen molar-refractivity contribution in [2.24, 2.45) is 4.99 Å². The number of nitro benzene ring substituents is 1. The first-order valence-electron chi connectivity index (χ1n) is 6.62. The lowest BCUT2D eigenvalue weighted by Gasteiger charge is -2.39. The predicted octanol–water partition coefficient (Wildman–Crippen LogP) is 3.46. The van der Waals surface area contributed by atoms with Gasteiger partial charge in [-0.2, -0.15) is 0 Å². The smallest absolute Gasteiger partial charge is 0.270 e. The third kappa shape index (κ3) is 2.65. The first kappa shape index (κ1) is 16.3. The molecule has 1 aliphatic rings. The molecule has 0 fully saturated rings. The van der Waals surface area contributed by atoms with E-state index in [4.69, 9.17) is 4.74 Å². The van der Waals surface area contributed by atoms with Crippen molar-refractivity contribution in [3.63, 3.8) is 0 Å². The van der Waals surface area contributed by atoms with E-state index < -0.39 is 40.4 Å². The van der Waals surface area contributed by atoms with Crippen LogP contribution >= 0.6 is 0 Å². The Balaban J connectivity index is 2.60. The van der Waals surface area contributed by atoms with E-state index in [9.17, 15) is 23.3 Å². The molecule has 120 valence electrons. The molecule has 0 spiro atoms. The highest BCUT2D eigenvalue weighted by atomic mass is 19.1. The van der Waals surface area contributed by atoms with Crippen LogP contribution in [0.1, 0.15) is 26.3 Å². The number of nitrogens with zero attached hydrogens (tertiary/aromatic N) is 2. The van der Waals surface area contributed by atoms with Crippen molar-refractivity contribution in [2.45, 2.75) is 44.8 Å². The number of ether oxygens (including phenoxy) is 1. The van der Waals surface area contributed by atoms with E-state index in [1.54, 1.807) is 0 Å². The van der Waals surface area contributed by atoms with E-state index in [2.05, 4.69) is 4.99 Å². The molecule has 0 unspecified atom stereocenters. The minimum atomic E-state index is -1.99. The second kappa shape index (κ2) is 5.58. The zero-order valence-electron chi connectivity index (χ0n) is 12.2. The second-order valence-corrected chi connectivity index (χ2v) is 5.36. The van der Waals surface area contributed by atoms with Crippen molar-refractivity contribution in [1.82, 2.24) is 0 Å². The van der Waals surface area contributed by atoms with Crippen LogP contribution in [0.4, 0.5) is 18.9 Å². The lowest BCUT2D eigenvalue weighted by molar-refractivity contribution is -0.385. The van der Waals surface area contributed by atoms with Crippen LogP contribution < -0.4 is 0 Å². The maximum atomic E-state index is 14.7. The van der Waals surface area contributed by atoms with Crippen molar-refractivity contribution >= 4 is 11.6 Å². The fourth-order valence-electron chi connectivity index (χ4n) is 2.54. The Morgan fingerprint density at radius 2 is 2.14 bits per heavy atom. The standard InChI is InChI=1S/C14H15F3N2O3/c1-7(15)12-13(17)14(3,18-8(2)22-12)10-6-9(19(20)21)4-5-11(10)16/h4-7,12-13H,1-3H3/t7-,12+,13-,14+/m0/s1. The summed E-state index contributed by atoms with van der Waals surface area (Å²) in [7, 11) is 0. The van der Waals surface area contributed by atoms with Crippen LogP contribution in [-0.2, 0) is 10.3 Å². The van der Waals surface area contributed by atoms with E-state index in [0.29, 0.717) is 0 Å². The Bertz CT molecular complexity index is 636. The highest BCUT2D eigenvalue weighted by molar-refractivity contribution is 5.75. The normalized spacial score (nSPS) is 29.5. The van der Waals surface area contributed by atoms with E-state index in [-0.39, 0.29) is 11.5 Å². The van der Waals surface area contributed by atoms with E-state index in [1.807, 2.05) is 0 Å². The summed E-state index contributed by atoms with van der Waals surface area (Å²) in [5.74, 6) is -0.851. The van der Waals surface area contributed by atoms with Crippen molar-refractivity contribution in [3.05, 3.63) is 39.7 Å². The van der Waals surface area contributed by atoms with E-state index >= 15 is 0 Å². The van der Waals surface area contributed by atoms with Gasteiger partial charge in [-0.15, -0.1) is 0 Å². The number of hydrogen-bond donors (Lipinski definition) is 0. The summed E-state index contributed by atoms with van der Waals surface area (Å²) in [6.45, 7) is 3.79. The van der Waals surface area contributed by atoms with Gasteiger partial charge in [-0.25, -0.2) is 18.2 Å². The van der Waals surface area contributed by atoms with Crippen LogP contribution in [0.2, 0.25) is 0 Å². The number of rotatable bonds is 3. The van der Waals surface area contributed by atoms with Crippen molar-refractivity contribution in [2.75, 3.05) is 0 Å². The Hall–Kier alpha value is -2.12. The number of benzene rings is 1. The number of nitro groups is 1. The first-order valence-corrected chi connectivity index (χ1v) is 6.62. The molecule has 2 rings (SSSR count). The van der Waals surface area contributed by atoms with Crippen LogP contribution in [-0.4, -0.2) is 29.3 Å². The molecule has 5 nitrogen and oxygen atoms in total. The summed E-state index contributed by atoms with van der Waals surface area (Å²) in [6, 6.07) is 2.77. The maximum absolute atomic E-state index is 14.7. The first-order chi connectivity index (χ1) is 10.2. The molecule has 4 atom stereocenters. The highest BCUT2D eigenvalue weighted by Crippen LogP contribution is 2.40. The monoisotopic (exact) mass is 316 g/mol. The molecule has 1 aliphatic heterocycles. The molecule has 0 saturated carbocycles. The van der Waals surface area contributed by atoms with E-state index in [0.717, 1.165) is 25.1 Å². The summed E-state index contributed by atoms with van der Waals surface area (Å²) in [5.41, 5.74) is -2.50. The van der Waals surface area contributed by atoms with Gasteiger partial charge in [0.25, 0.3) is 5.69 Å². The largest absolute Gasteiger partial charge is 0.472 e. The molecule has 1 aromatic rings. The van der Waals surface area contributed by atoms with E-state index in [1.165, 1.54) is 13.8 Å². The third-order valence-corrected chi connectivity index (χ3v) is 3.68. The molecule has 0 aliphatic carbocycles. The third-order valence-electron chi connectivity index (χ3n) is 3.68. The zero-order chi connectivity index (χ0) is 16.7. The molecule has 1 heterocycles. The van der Waals surface area contributed by atoms with Crippen LogP contribution in [0.3, 0.4) is 0 Å². The minimum Gasteiger partial charge on any atom is -0.472 e. The number of halogens is 3. The van der Waals surface area contributed by atoms with Crippen molar-refractivity contribution < 1.29 is 22.8 Å². The van der Waals surface area contributed by atoms with Gasteiger partial charge in [0.05, 0.1) is 4.92 Å². The molecule has 1 aromatic carbocycles. The predicted molar refractivity (Wildman–Crippen MR) is 73.9 cm³/mol. The average Bonchev–Trinajstić information content (AvgIpc) is 2.42. The molecule has 0 aromatic heterocycles. The molecule has 0 N–H and O–H groups in total. The molecule has 0 saturated heterocycles. The van der Waals surface area contributed by atoms with Gasteiger partial charge < -0.3 is 4.74 Å². The number of hydrogen-bond acceptors (Lipinski definition) is 4. The molecule has 0 bridgehead atoms. The summed E-state index contributed by atoms with van der Waals surface area (Å²) in [6.07, 6.45) is -5.10. The minimum absolute atomic E-state index is 0.00296. The van der Waals surface area contributed by atoms with Crippen LogP contribution in [0, 0.1) is 15.9 Å². The second-order valence-electron chi connectivity index (χ2n) is 5.36. The zero-order valence-corrected chi connectivity index (χ0v) is 12.2. The van der Waals surface area contributed by atoms with Crippen LogP contribution in [0.15, 0.2) is 23.2 Å². The molecular weight excluding hydrogens is 301 g/mol. The fraction of sp³-hybridized carbons (Fsp3) is 0.500. The van der Waals surface area contributed by atoms with Gasteiger partial charge in [-0.1, -0.05) is 0 Å². The molecule has 0 amide bonds. The van der Waals surface area contributed by atoms with Gasteiger partial charge in [0, 0.05) is 24.6 Å². The number of alkyl halides is 2. The lowest BCUT2D eigenvalue weighted by atomic mass is 9.82. The quantitative estimate of drug-likeness (QED) is 0.633. The van der Waals surface area contributed by atoms with Gasteiger partial charge in [-0.3, -0.25) is 10.1 Å². The Labute approximate surface area is 125 Å². The Morgan fingerprint density at radius 1 is 1.50 bits per heavy atom. The summed E-state index contributed by atoms with van der Waals surface area (Å²) in [4.78, 5) is 14.1. The summed E-state index contributed by atoms with van der Waals surface area (Å²) in [5, 5.41) is 10.8. The fourth-order valence-corrected chi connectivity index (χ4v) is 2.54.